The fourth-order valence-electron chi connectivity index (χ4n) is 2.43. The summed E-state index contributed by atoms with van der Waals surface area (Å²) >= 11 is 6.13. The molecule has 0 saturated heterocycles. The Bertz CT molecular complexity index is 1090. The standard InChI is InChI=1S/C17H11ClN4O2/c18-13-7-3-1-5-11(13)16-21-20-15(24-16)9-22-10-19-14-8-4-2-6-12(14)17(22)23/h1-8,10H,9H2. The van der Waals surface area contributed by atoms with Gasteiger partial charge in [-0.25, -0.2) is 4.98 Å². The molecule has 0 unspecified atom stereocenters. The molecule has 0 atom stereocenters. The van der Waals surface area contributed by atoms with Crippen molar-refractivity contribution in [1.82, 2.24) is 19.7 Å². The molecule has 6 nitrogen and oxygen atoms in total. The number of rotatable bonds is 3. The normalized spacial score (nSPS) is 11.0. The summed E-state index contributed by atoms with van der Waals surface area (Å²) in [6.07, 6.45) is 1.48. The number of halogens is 1. The molecule has 0 aliphatic carbocycles. The maximum absolute atomic E-state index is 12.5. The first-order valence-electron chi connectivity index (χ1n) is 7.24. The van der Waals surface area contributed by atoms with E-state index in [-0.39, 0.29) is 12.1 Å². The van der Waals surface area contributed by atoms with Gasteiger partial charge in [-0.1, -0.05) is 35.9 Å². The molecule has 2 aromatic heterocycles. The summed E-state index contributed by atoms with van der Waals surface area (Å²) in [6.45, 7) is 0.147. The number of hydrogen-bond donors (Lipinski definition) is 0. The predicted molar refractivity (Wildman–Crippen MR) is 89.8 cm³/mol. The predicted octanol–water partition coefficient (Wildman–Crippen LogP) is 3.15. The summed E-state index contributed by atoms with van der Waals surface area (Å²) in [5.41, 5.74) is 1.15. The van der Waals surface area contributed by atoms with E-state index in [0.29, 0.717) is 33.3 Å². The van der Waals surface area contributed by atoms with Gasteiger partial charge < -0.3 is 4.42 Å². The van der Waals surface area contributed by atoms with Gasteiger partial charge in [-0.05, 0) is 24.3 Å². The van der Waals surface area contributed by atoms with Crippen LogP contribution in [0.15, 0.2) is 64.1 Å². The molecule has 4 aromatic rings. The van der Waals surface area contributed by atoms with Crippen LogP contribution in [0.3, 0.4) is 0 Å². The lowest BCUT2D eigenvalue weighted by Gasteiger charge is -2.03. The first kappa shape index (κ1) is 14.6. The highest BCUT2D eigenvalue weighted by molar-refractivity contribution is 6.33. The molecule has 0 bridgehead atoms. The van der Waals surface area contributed by atoms with Gasteiger partial charge in [-0.15, -0.1) is 10.2 Å². The number of benzene rings is 2. The zero-order valence-electron chi connectivity index (χ0n) is 12.4. The molecule has 2 aromatic carbocycles. The highest BCUT2D eigenvalue weighted by Gasteiger charge is 2.13. The second-order valence-electron chi connectivity index (χ2n) is 5.18. The van der Waals surface area contributed by atoms with E-state index in [9.17, 15) is 4.79 Å². The highest BCUT2D eigenvalue weighted by Crippen LogP contribution is 2.26. The number of aromatic nitrogens is 4. The Kier molecular flexibility index (Phi) is 3.59. The largest absolute Gasteiger partial charge is 0.419 e. The summed E-state index contributed by atoms with van der Waals surface area (Å²) in [5, 5.41) is 9.06. The summed E-state index contributed by atoms with van der Waals surface area (Å²) in [4.78, 5) is 16.7. The van der Waals surface area contributed by atoms with Crippen molar-refractivity contribution in [3.8, 4) is 11.5 Å². The van der Waals surface area contributed by atoms with E-state index in [1.54, 1.807) is 30.3 Å². The molecule has 0 amide bonds. The average molecular weight is 339 g/mol. The average Bonchev–Trinajstić information content (AvgIpc) is 3.06. The minimum atomic E-state index is -0.155. The van der Waals surface area contributed by atoms with Gasteiger partial charge in [0.1, 0.15) is 6.54 Å². The van der Waals surface area contributed by atoms with Crippen molar-refractivity contribution in [2.24, 2.45) is 0 Å². The molecule has 0 aliphatic rings. The Morgan fingerprint density at radius 1 is 1.04 bits per heavy atom. The third kappa shape index (κ3) is 2.57. The van der Waals surface area contributed by atoms with Crippen molar-refractivity contribution >= 4 is 22.5 Å². The van der Waals surface area contributed by atoms with E-state index < -0.39 is 0 Å². The van der Waals surface area contributed by atoms with Gasteiger partial charge >= 0.3 is 0 Å². The van der Waals surface area contributed by atoms with Gasteiger partial charge in [-0.3, -0.25) is 9.36 Å². The van der Waals surface area contributed by atoms with Crippen LogP contribution in [-0.4, -0.2) is 19.7 Å². The summed E-state index contributed by atoms with van der Waals surface area (Å²) in [5.74, 6) is 0.626. The van der Waals surface area contributed by atoms with E-state index in [4.69, 9.17) is 16.0 Å². The topological polar surface area (TPSA) is 73.8 Å². The first-order chi connectivity index (χ1) is 11.7. The first-order valence-corrected chi connectivity index (χ1v) is 7.61. The number of hydrogen-bond acceptors (Lipinski definition) is 5. The molecular weight excluding hydrogens is 328 g/mol. The molecule has 4 rings (SSSR count). The van der Waals surface area contributed by atoms with Crippen LogP contribution in [0.4, 0.5) is 0 Å². The Balaban J connectivity index is 1.69. The molecule has 2 heterocycles. The van der Waals surface area contributed by atoms with Gasteiger partial charge in [0, 0.05) is 0 Å². The molecule has 7 heteroatoms. The van der Waals surface area contributed by atoms with Crippen molar-refractivity contribution in [3.05, 3.63) is 76.1 Å². The zero-order valence-corrected chi connectivity index (χ0v) is 13.1. The fraction of sp³-hybridized carbons (Fsp3) is 0.0588. The van der Waals surface area contributed by atoms with Crippen LogP contribution in [0.2, 0.25) is 5.02 Å². The molecule has 24 heavy (non-hydrogen) atoms. The molecule has 0 N–H and O–H groups in total. The van der Waals surface area contributed by atoms with Gasteiger partial charge in [-0.2, -0.15) is 0 Å². The highest BCUT2D eigenvalue weighted by atomic mass is 35.5. The quantitative estimate of drug-likeness (QED) is 0.573. The van der Waals surface area contributed by atoms with Crippen LogP contribution in [0.1, 0.15) is 5.89 Å². The van der Waals surface area contributed by atoms with E-state index in [1.165, 1.54) is 10.9 Å². The molecule has 0 aliphatic heterocycles. The van der Waals surface area contributed by atoms with Gasteiger partial charge in [0.2, 0.25) is 11.8 Å². The second kappa shape index (κ2) is 5.90. The minimum Gasteiger partial charge on any atom is -0.419 e. The third-order valence-electron chi connectivity index (χ3n) is 3.61. The molecule has 0 saturated carbocycles. The minimum absolute atomic E-state index is 0.147. The maximum Gasteiger partial charge on any atom is 0.261 e. The molecule has 118 valence electrons. The SMILES string of the molecule is O=c1c2ccccc2ncn1Cc1nnc(-c2ccccc2Cl)o1. The number of para-hydroxylation sites is 1. The van der Waals surface area contributed by atoms with Crippen molar-refractivity contribution in [2.45, 2.75) is 6.54 Å². The Hall–Kier alpha value is -2.99. The van der Waals surface area contributed by atoms with Crippen molar-refractivity contribution in [3.63, 3.8) is 0 Å². The monoisotopic (exact) mass is 338 g/mol. The lowest BCUT2D eigenvalue weighted by atomic mass is 10.2. The second-order valence-corrected chi connectivity index (χ2v) is 5.58. The zero-order chi connectivity index (χ0) is 16.5. The van der Waals surface area contributed by atoms with E-state index in [0.717, 1.165) is 0 Å². The van der Waals surface area contributed by atoms with Crippen LogP contribution in [-0.2, 0) is 6.54 Å². The van der Waals surface area contributed by atoms with Gasteiger partial charge in [0.05, 0.1) is 27.8 Å². The smallest absolute Gasteiger partial charge is 0.261 e. The van der Waals surface area contributed by atoms with E-state index in [2.05, 4.69) is 15.2 Å². The summed E-state index contributed by atoms with van der Waals surface area (Å²) < 4.78 is 7.06. The number of fused-ring (bicyclic) bond motifs is 1. The summed E-state index contributed by atoms with van der Waals surface area (Å²) in [7, 11) is 0. The lowest BCUT2D eigenvalue weighted by Crippen LogP contribution is -2.21. The van der Waals surface area contributed by atoms with Crippen molar-refractivity contribution in [2.75, 3.05) is 0 Å². The lowest BCUT2D eigenvalue weighted by molar-refractivity contribution is 0.483. The third-order valence-corrected chi connectivity index (χ3v) is 3.94. The van der Waals surface area contributed by atoms with Crippen LogP contribution in [0.25, 0.3) is 22.4 Å². The van der Waals surface area contributed by atoms with Crippen molar-refractivity contribution < 1.29 is 4.42 Å². The van der Waals surface area contributed by atoms with Crippen LogP contribution in [0, 0.1) is 0 Å². The van der Waals surface area contributed by atoms with Crippen LogP contribution < -0.4 is 5.56 Å². The fourth-order valence-corrected chi connectivity index (χ4v) is 2.64. The Labute approximate surface area is 141 Å². The maximum atomic E-state index is 12.5. The Morgan fingerprint density at radius 3 is 2.71 bits per heavy atom. The van der Waals surface area contributed by atoms with Gasteiger partial charge in [0.15, 0.2) is 0 Å². The van der Waals surface area contributed by atoms with E-state index >= 15 is 0 Å². The molecular formula is C17H11ClN4O2. The molecule has 0 spiro atoms. The van der Waals surface area contributed by atoms with Crippen LogP contribution in [0.5, 0.6) is 0 Å². The Morgan fingerprint density at radius 2 is 1.83 bits per heavy atom. The summed E-state index contributed by atoms with van der Waals surface area (Å²) in [6, 6.07) is 14.4. The number of nitrogens with zero attached hydrogens (tertiary/aromatic N) is 4. The van der Waals surface area contributed by atoms with Crippen molar-refractivity contribution in [1.29, 1.82) is 0 Å². The van der Waals surface area contributed by atoms with E-state index in [1.807, 2.05) is 18.2 Å². The van der Waals surface area contributed by atoms with Gasteiger partial charge in [0.25, 0.3) is 5.56 Å². The molecule has 0 radical (unpaired) electrons. The molecule has 0 fully saturated rings. The van der Waals surface area contributed by atoms with Crippen LogP contribution >= 0.6 is 11.6 Å².